The highest BCUT2D eigenvalue weighted by Gasteiger charge is 2.09. The zero-order chi connectivity index (χ0) is 10.9. The Balaban J connectivity index is 2.11. The highest BCUT2D eigenvalue weighted by Crippen LogP contribution is 2.11. The number of rotatable bonds is 5. The highest BCUT2D eigenvalue weighted by atomic mass is 15.1. The molecule has 2 nitrogen and oxygen atoms in total. The van der Waals surface area contributed by atoms with Crippen LogP contribution in [0.2, 0.25) is 0 Å². The molecule has 1 aliphatic heterocycles. The van der Waals surface area contributed by atoms with Gasteiger partial charge in [0.1, 0.15) is 0 Å². The van der Waals surface area contributed by atoms with Gasteiger partial charge in [0.15, 0.2) is 0 Å². The van der Waals surface area contributed by atoms with E-state index in [4.69, 9.17) is 5.73 Å². The Morgan fingerprint density at radius 2 is 1.60 bits per heavy atom. The van der Waals surface area contributed by atoms with Crippen molar-refractivity contribution in [3.05, 3.63) is 0 Å². The Morgan fingerprint density at radius 3 is 2.20 bits per heavy atom. The van der Waals surface area contributed by atoms with E-state index in [1.165, 1.54) is 71.0 Å². The van der Waals surface area contributed by atoms with Crippen molar-refractivity contribution in [2.24, 2.45) is 5.73 Å². The summed E-state index contributed by atoms with van der Waals surface area (Å²) in [5.74, 6) is 0. The average molecular weight is 212 g/mol. The van der Waals surface area contributed by atoms with Gasteiger partial charge in [-0.2, -0.15) is 0 Å². The molecule has 0 aromatic heterocycles. The summed E-state index contributed by atoms with van der Waals surface area (Å²) in [5, 5.41) is 0. The molecule has 2 heteroatoms. The fraction of sp³-hybridized carbons (Fsp3) is 1.00. The molecule has 15 heavy (non-hydrogen) atoms. The first-order valence-electron chi connectivity index (χ1n) is 6.81. The van der Waals surface area contributed by atoms with Crippen LogP contribution in [0, 0.1) is 0 Å². The molecule has 1 aliphatic rings. The first kappa shape index (κ1) is 13.0. The average Bonchev–Trinajstić information content (AvgIpc) is 2.16. The molecule has 0 amide bonds. The summed E-state index contributed by atoms with van der Waals surface area (Å²) in [7, 11) is 0. The van der Waals surface area contributed by atoms with Crippen molar-refractivity contribution in [1.82, 2.24) is 4.90 Å². The van der Waals surface area contributed by atoms with Gasteiger partial charge in [0.25, 0.3) is 0 Å². The van der Waals surface area contributed by atoms with E-state index in [0.717, 1.165) is 0 Å². The predicted octanol–water partition coefficient (Wildman–Crippen LogP) is 2.77. The van der Waals surface area contributed by atoms with Gasteiger partial charge >= 0.3 is 0 Å². The van der Waals surface area contributed by atoms with Gasteiger partial charge in [0.05, 0.1) is 0 Å². The van der Waals surface area contributed by atoms with E-state index < -0.39 is 0 Å². The summed E-state index contributed by atoms with van der Waals surface area (Å²) in [4.78, 5) is 2.62. The van der Waals surface area contributed by atoms with Crippen LogP contribution in [0.15, 0.2) is 0 Å². The van der Waals surface area contributed by atoms with E-state index >= 15 is 0 Å². The molecule has 2 N–H and O–H groups in total. The normalized spacial score (nSPS) is 22.0. The van der Waals surface area contributed by atoms with Crippen molar-refractivity contribution in [3.8, 4) is 0 Å². The minimum absolute atomic E-state index is 0.431. The van der Waals surface area contributed by atoms with Gasteiger partial charge in [-0.15, -0.1) is 0 Å². The van der Waals surface area contributed by atoms with Crippen molar-refractivity contribution in [3.63, 3.8) is 0 Å². The molecule has 0 saturated carbocycles. The molecule has 0 aliphatic carbocycles. The Labute approximate surface area is 95.2 Å². The molecule has 0 spiro atoms. The van der Waals surface area contributed by atoms with Gasteiger partial charge in [0, 0.05) is 6.04 Å². The van der Waals surface area contributed by atoms with Gasteiger partial charge in [-0.05, 0) is 45.3 Å². The summed E-state index contributed by atoms with van der Waals surface area (Å²) in [6, 6.07) is 0.431. The van der Waals surface area contributed by atoms with Crippen molar-refractivity contribution in [1.29, 1.82) is 0 Å². The second-order valence-electron chi connectivity index (χ2n) is 4.95. The predicted molar refractivity (Wildman–Crippen MR) is 67.0 cm³/mol. The summed E-state index contributed by atoms with van der Waals surface area (Å²) in [5.41, 5.74) is 6.04. The molecule has 0 aromatic rings. The van der Waals surface area contributed by atoms with Crippen LogP contribution in [0.1, 0.15) is 58.3 Å². The molecule has 0 radical (unpaired) electrons. The van der Waals surface area contributed by atoms with E-state index in [1.807, 2.05) is 0 Å². The van der Waals surface area contributed by atoms with Crippen molar-refractivity contribution in [2.45, 2.75) is 64.3 Å². The maximum Gasteiger partial charge on any atom is 0.00509 e. The minimum Gasteiger partial charge on any atom is -0.328 e. The van der Waals surface area contributed by atoms with E-state index in [-0.39, 0.29) is 0 Å². The van der Waals surface area contributed by atoms with E-state index in [2.05, 4.69) is 11.8 Å². The van der Waals surface area contributed by atoms with Crippen LogP contribution in [0.5, 0.6) is 0 Å². The molecule has 1 saturated heterocycles. The molecular formula is C13H28N2. The summed E-state index contributed by atoms with van der Waals surface area (Å²) in [6.45, 7) is 6.05. The quantitative estimate of drug-likeness (QED) is 0.759. The van der Waals surface area contributed by atoms with Gasteiger partial charge in [-0.25, -0.2) is 0 Å². The van der Waals surface area contributed by atoms with Crippen molar-refractivity contribution < 1.29 is 0 Å². The largest absolute Gasteiger partial charge is 0.328 e. The summed E-state index contributed by atoms with van der Waals surface area (Å²) < 4.78 is 0. The zero-order valence-electron chi connectivity index (χ0n) is 10.4. The molecule has 1 rings (SSSR count). The number of hydrogen-bond acceptors (Lipinski definition) is 2. The Kier molecular flexibility index (Phi) is 7.03. The smallest absolute Gasteiger partial charge is 0.00509 e. The molecule has 1 fully saturated rings. The van der Waals surface area contributed by atoms with Crippen molar-refractivity contribution >= 4 is 0 Å². The number of likely N-dealkylation sites (tertiary alicyclic amines) is 1. The lowest BCUT2D eigenvalue weighted by atomic mass is 10.1. The molecule has 1 heterocycles. The lowest BCUT2D eigenvalue weighted by molar-refractivity contribution is 0.237. The van der Waals surface area contributed by atoms with E-state index in [9.17, 15) is 0 Å². The Hall–Kier alpha value is -0.0800. The Morgan fingerprint density at radius 1 is 1.00 bits per heavy atom. The highest BCUT2D eigenvalue weighted by molar-refractivity contribution is 4.67. The standard InChI is InChI=1S/C13H28N2/c1-2-8-13(14)9-12-15-10-6-4-3-5-7-11-15/h13H,2-12,14H2,1H3. The Bertz CT molecular complexity index is 139. The second kappa shape index (κ2) is 8.12. The fourth-order valence-electron chi connectivity index (χ4n) is 2.40. The molecule has 1 atom stereocenters. The molecule has 0 aromatic carbocycles. The van der Waals surface area contributed by atoms with Gasteiger partial charge in [-0.3, -0.25) is 0 Å². The molecule has 90 valence electrons. The monoisotopic (exact) mass is 212 g/mol. The van der Waals surface area contributed by atoms with Gasteiger partial charge < -0.3 is 10.6 Å². The third-order valence-electron chi connectivity index (χ3n) is 3.42. The van der Waals surface area contributed by atoms with Crippen LogP contribution in [0.25, 0.3) is 0 Å². The van der Waals surface area contributed by atoms with Gasteiger partial charge in [-0.1, -0.05) is 32.6 Å². The number of nitrogens with two attached hydrogens (primary N) is 1. The first-order valence-corrected chi connectivity index (χ1v) is 6.81. The SMILES string of the molecule is CCCC(N)CCN1CCCCCCC1. The van der Waals surface area contributed by atoms with Gasteiger partial charge in [0.2, 0.25) is 0 Å². The third kappa shape index (κ3) is 6.16. The maximum absolute atomic E-state index is 6.04. The number of nitrogens with zero attached hydrogens (tertiary/aromatic N) is 1. The van der Waals surface area contributed by atoms with Crippen LogP contribution in [-0.4, -0.2) is 30.6 Å². The van der Waals surface area contributed by atoms with Crippen LogP contribution < -0.4 is 5.73 Å². The maximum atomic E-state index is 6.04. The summed E-state index contributed by atoms with van der Waals surface area (Å²) in [6.07, 6.45) is 10.7. The fourth-order valence-corrected chi connectivity index (χ4v) is 2.40. The van der Waals surface area contributed by atoms with Crippen LogP contribution in [0.4, 0.5) is 0 Å². The third-order valence-corrected chi connectivity index (χ3v) is 3.42. The van der Waals surface area contributed by atoms with Crippen molar-refractivity contribution in [2.75, 3.05) is 19.6 Å². The molecule has 1 unspecified atom stereocenters. The lowest BCUT2D eigenvalue weighted by Crippen LogP contribution is -2.32. The second-order valence-corrected chi connectivity index (χ2v) is 4.95. The lowest BCUT2D eigenvalue weighted by Gasteiger charge is -2.25. The van der Waals surface area contributed by atoms with Crippen LogP contribution >= 0.6 is 0 Å². The minimum atomic E-state index is 0.431. The molecular weight excluding hydrogens is 184 g/mol. The number of hydrogen-bond donors (Lipinski definition) is 1. The molecule has 0 bridgehead atoms. The van der Waals surface area contributed by atoms with Crippen LogP contribution in [0.3, 0.4) is 0 Å². The topological polar surface area (TPSA) is 29.3 Å². The van der Waals surface area contributed by atoms with Crippen LogP contribution in [-0.2, 0) is 0 Å². The first-order chi connectivity index (χ1) is 7.33. The van der Waals surface area contributed by atoms with E-state index in [0.29, 0.717) is 6.04 Å². The zero-order valence-corrected chi connectivity index (χ0v) is 10.4. The van der Waals surface area contributed by atoms with E-state index in [1.54, 1.807) is 0 Å². The summed E-state index contributed by atoms with van der Waals surface area (Å²) >= 11 is 0.